The van der Waals surface area contributed by atoms with Crippen LogP contribution in [0.4, 0.5) is 10.1 Å². The smallest absolute Gasteiger partial charge is 0.340 e. The van der Waals surface area contributed by atoms with Gasteiger partial charge in [0.2, 0.25) is 5.91 Å². The van der Waals surface area contributed by atoms with E-state index < -0.39 is 23.8 Å². The Morgan fingerprint density at radius 1 is 1.18 bits per heavy atom. The van der Waals surface area contributed by atoms with Gasteiger partial charge in [0.05, 0.1) is 17.1 Å². The predicted octanol–water partition coefficient (Wildman–Crippen LogP) is 3.43. The number of nitrogens with one attached hydrogen (secondary N) is 1. The lowest BCUT2D eigenvalue weighted by molar-refractivity contribution is -0.140. The molecule has 0 unspecified atom stereocenters. The van der Waals surface area contributed by atoms with Gasteiger partial charge in [0.25, 0.3) is 5.91 Å². The first-order valence-electron chi connectivity index (χ1n) is 8.45. The van der Waals surface area contributed by atoms with Crippen LogP contribution in [0.3, 0.4) is 0 Å². The average molecular weight is 407 g/mol. The lowest BCUT2D eigenvalue weighted by Gasteiger charge is -2.21. The summed E-state index contributed by atoms with van der Waals surface area (Å²) in [4.78, 5) is 37.7. The van der Waals surface area contributed by atoms with Gasteiger partial charge in [-0.3, -0.25) is 9.59 Å². The summed E-state index contributed by atoms with van der Waals surface area (Å²) in [6, 6.07) is 10.4. The van der Waals surface area contributed by atoms with Crippen molar-refractivity contribution in [2.75, 3.05) is 18.9 Å². The van der Waals surface area contributed by atoms with E-state index in [-0.39, 0.29) is 23.0 Å². The Bertz CT molecular complexity index is 886. The molecule has 2 aromatic rings. The fraction of sp³-hybridized carbons (Fsp3) is 0.250. The van der Waals surface area contributed by atoms with E-state index in [9.17, 15) is 18.8 Å². The molecule has 0 heterocycles. The maximum atomic E-state index is 13.1. The number of likely N-dealkylation sites (N-methyl/N-ethyl adjacent to an activating group) is 1. The molecule has 0 fully saturated rings. The molecule has 0 radical (unpaired) electrons. The molecule has 0 aromatic heterocycles. The van der Waals surface area contributed by atoms with Crippen molar-refractivity contribution < 1.29 is 23.5 Å². The summed E-state index contributed by atoms with van der Waals surface area (Å²) in [6.07, 6.45) is -1.15. The van der Waals surface area contributed by atoms with E-state index in [0.29, 0.717) is 5.69 Å². The van der Waals surface area contributed by atoms with Crippen molar-refractivity contribution in [3.63, 3.8) is 0 Å². The van der Waals surface area contributed by atoms with Crippen LogP contribution in [0, 0.1) is 12.7 Å². The van der Waals surface area contributed by atoms with Crippen LogP contribution in [0.5, 0.6) is 0 Å². The van der Waals surface area contributed by atoms with Crippen molar-refractivity contribution in [3.05, 3.63) is 64.4 Å². The molecular weight excluding hydrogens is 387 g/mol. The third-order valence-corrected chi connectivity index (χ3v) is 4.19. The first-order chi connectivity index (χ1) is 13.2. The number of nitrogens with zero attached hydrogens (tertiary/aromatic N) is 1. The van der Waals surface area contributed by atoms with Crippen molar-refractivity contribution in [1.29, 1.82) is 0 Å². The lowest BCUT2D eigenvalue weighted by Crippen LogP contribution is -2.41. The van der Waals surface area contributed by atoms with Gasteiger partial charge in [0.15, 0.2) is 6.10 Å². The SMILES string of the molecule is Cc1ccc(NC(=O)CN(C)C(=O)[C@@H](C)OC(=O)c2ccc(F)cc2Cl)cc1. The number of amides is 2. The molecule has 148 valence electrons. The summed E-state index contributed by atoms with van der Waals surface area (Å²) in [5, 5.41) is 2.56. The highest BCUT2D eigenvalue weighted by atomic mass is 35.5. The van der Waals surface area contributed by atoms with E-state index >= 15 is 0 Å². The zero-order valence-corrected chi connectivity index (χ0v) is 16.4. The molecule has 1 N–H and O–H groups in total. The van der Waals surface area contributed by atoms with E-state index in [1.54, 1.807) is 12.1 Å². The first-order valence-corrected chi connectivity index (χ1v) is 8.82. The second-order valence-corrected chi connectivity index (χ2v) is 6.69. The molecule has 0 aliphatic heterocycles. The third-order valence-electron chi connectivity index (χ3n) is 3.87. The van der Waals surface area contributed by atoms with Crippen molar-refractivity contribution in [2.45, 2.75) is 20.0 Å². The largest absolute Gasteiger partial charge is 0.449 e. The number of hydrogen-bond donors (Lipinski definition) is 1. The van der Waals surface area contributed by atoms with Gasteiger partial charge in [-0.05, 0) is 44.2 Å². The first kappa shape index (κ1) is 21.4. The van der Waals surface area contributed by atoms with Gasteiger partial charge in [-0.2, -0.15) is 0 Å². The van der Waals surface area contributed by atoms with E-state index in [4.69, 9.17) is 16.3 Å². The highest BCUT2D eigenvalue weighted by molar-refractivity contribution is 6.33. The van der Waals surface area contributed by atoms with Gasteiger partial charge >= 0.3 is 5.97 Å². The van der Waals surface area contributed by atoms with Gasteiger partial charge < -0.3 is 15.0 Å². The molecule has 0 bridgehead atoms. The Morgan fingerprint density at radius 3 is 2.43 bits per heavy atom. The molecule has 0 saturated carbocycles. The van der Waals surface area contributed by atoms with Gasteiger partial charge in [0, 0.05) is 12.7 Å². The molecular formula is C20H20ClFN2O4. The fourth-order valence-electron chi connectivity index (χ4n) is 2.37. The summed E-state index contributed by atoms with van der Waals surface area (Å²) in [7, 11) is 1.42. The summed E-state index contributed by atoms with van der Waals surface area (Å²) < 4.78 is 18.2. The molecule has 0 saturated heterocycles. The molecule has 0 aliphatic carbocycles. The van der Waals surface area contributed by atoms with Crippen LogP contribution in [0.25, 0.3) is 0 Å². The lowest BCUT2D eigenvalue weighted by atomic mass is 10.2. The van der Waals surface area contributed by atoms with Gasteiger partial charge in [0.1, 0.15) is 5.82 Å². The number of carbonyl (C=O) groups excluding carboxylic acids is 3. The van der Waals surface area contributed by atoms with Crippen molar-refractivity contribution in [1.82, 2.24) is 4.90 Å². The normalized spacial score (nSPS) is 11.5. The Balaban J connectivity index is 1.91. The summed E-state index contributed by atoms with van der Waals surface area (Å²) in [5.74, 6) is -2.40. The van der Waals surface area contributed by atoms with Crippen molar-refractivity contribution >= 4 is 35.1 Å². The molecule has 0 aliphatic rings. The second-order valence-electron chi connectivity index (χ2n) is 6.28. The Morgan fingerprint density at radius 2 is 1.82 bits per heavy atom. The highest BCUT2D eigenvalue weighted by Crippen LogP contribution is 2.19. The minimum absolute atomic E-state index is 0.0533. The van der Waals surface area contributed by atoms with Crippen LogP contribution in [0.1, 0.15) is 22.8 Å². The van der Waals surface area contributed by atoms with Crippen LogP contribution in [-0.4, -0.2) is 42.4 Å². The Hall–Kier alpha value is -2.93. The zero-order valence-electron chi connectivity index (χ0n) is 15.7. The van der Waals surface area contributed by atoms with Gasteiger partial charge in [-0.1, -0.05) is 29.3 Å². The minimum Gasteiger partial charge on any atom is -0.449 e. The molecule has 1 atom stereocenters. The van der Waals surface area contributed by atoms with Crippen LogP contribution in [0.15, 0.2) is 42.5 Å². The quantitative estimate of drug-likeness (QED) is 0.746. The molecule has 2 rings (SSSR count). The van der Waals surface area contributed by atoms with Gasteiger partial charge in [-0.15, -0.1) is 0 Å². The van der Waals surface area contributed by atoms with Crippen molar-refractivity contribution in [2.24, 2.45) is 0 Å². The standard InChI is InChI=1S/C20H20ClFN2O4/c1-12-4-7-15(8-5-12)23-18(25)11-24(3)19(26)13(2)28-20(27)16-9-6-14(22)10-17(16)21/h4-10,13H,11H2,1-3H3,(H,23,25)/t13-/m1/s1. The third kappa shape index (κ3) is 5.79. The number of rotatable bonds is 6. The minimum atomic E-state index is -1.15. The zero-order chi connectivity index (χ0) is 20.8. The molecule has 2 amide bonds. The van der Waals surface area contributed by atoms with Crippen LogP contribution in [-0.2, 0) is 14.3 Å². The second kappa shape index (κ2) is 9.32. The molecule has 8 heteroatoms. The van der Waals surface area contributed by atoms with E-state index in [0.717, 1.165) is 22.6 Å². The average Bonchev–Trinajstić information content (AvgIpc) is 2.62. The number of carbonyl (C=O) groups is 3. The predicted molar refractivity (Wildman–Crippen MR) is 104 cm³/mol. The van der Waals surface area contributed by atoms with Crippen LogP contribution in [0.2, 0.25) is 5.02 Å². The number of aryl methyl sites for hydroxylation is 1. The number of halogens is 2. The summed E-state index contributed by atoms with van der Waals surface area (Å²) in [5.41, 5.74) is 1.62. The van der Waals surface area contributed by atoms with Gasteiger partial charge in [-0.25, -0.2) is 9.18 Å². The summed E-state index contributed by atoms with van der Waals surface area (Å²) >= 11 is 5.82. The molecule has 6 nitrogen and oxygen atoms in total. The fourth-order valence-corrected chi connectivity index (χ4v) is 2.61. The van der Waals surface area contributed by atoms with E-state index in [2.05, 4.69) is 5.32 Å². The number of anilines is 1. The monoisotopic (exact) mass is 406 g/mol. The molecule has 2 aromatic carbocycles. The molecule has 28 heavy (non-hydrogen) atoms. The maximum Gasteiger partial charge on any atom is 0.340 e. The number of hydrogen-bond acceptors (Lipinski definition) is 4. The number of ether oxygens (including phenoxy) is 1. The Labute approximate surface area is 167 Å². The van der Waals surface area contributed by atoms with Crippen LogP contribution >= 0.6 is 11.6 Å². The Kier molecular flexibility index (Phi) is 7.12. The summed E-state index contributed by atoms with van der Waals surface area (Å²) in [6.45, 7) is 3.10. The van der Waals surface area contributed by atoms with E-state index in [1.165, 1.54) is 20.0 Å². The van der Waals surface area contributed by atoms with E-state index in [1.807, 2.05) is 19.1 Å². The maximum absolute atomic E-state index is 13.1. The molecule has 0 spiro atoms. The highest BCUT2D eigenvalue weighted by Gasteiger charge is 2.24. The topological polar surface area (TPSA) is 75.7 Å². The van der Waals surface area contributed by atoms with Crippen LogP contribution < -0.4 is 5.32 Å². The number of benzene rings is 2. The number of esters is 1. The van der Waals surface area contributed by atoms with Crippen molar-refractivity contribution in [3.8, 4) is 0 Å².